The van der Waals surface area contributed by atoms with Gasteiger partial charge in [-0.25, -0.2) is 0 Å². The molecule has 0 aromatic carbocycles. The summed E-state index contributed by atoms with van der Waals surface area (Å²) in [6, 6.07) is 2.05. The van der Waals surface area contributed by atoms with Crippen LogP contribution in [-0.4, -0.2) is 12.6 Å². The molecule has 1 heterocycles. The highest BCUT2D eigenvalue weighted by atomic mass is 16.5. The van der Waals surface area contributed by atoms with Gasteiger partial charge in [-0.2, -0.15) is 0 Å². The van der Waals surface area contributed by atoms with E-state index in [-0.39, 0.29) is 6.10 Å². The molecule has 3 heteroatoms. The summed E-state index contributed by atoms with van der Waals surface area (Å²) in [4.78, 5) is 0. The zero-order valence-corrected chi connectivity index (χ0v) is 10.1. The molecule has 0 aliphatic carbocycles. The average molecular weight is 211 g/mol. The van der Waals surface area contributed by atoms with Crippen molar-refractivity contribution < 1.29 is 9.15 Å². The lowest BCUT2D eigenvalue weighted by Gasteiger charge is -2.04. The van der Waals surface area contributed by atoms with Crippen LogP contribution >= 0.6 is 0 Å². The second kappa shape index (κ2) is 5.93. The van der Waals surface area contributed by atoms with E-state index in [1.807, 2.05) is 13.8 Å². The summed E-state index contributed by atoms with van der Waals surface area (Å²) in [6.45, 7) is 10.5. The SMILES string of the molecule is CCNCc1oc(COC(C)C)cc1C. The van der Waals surface area contributed by atoms with Crippen molar-refractivity contribution in [3.63, 3.8) is 0 Å². The maximum absolute atomic E-state index is 5.68. The van der Waals surface area contributed by atoms with E-state index in [1.54, 1.807) is 0 Å². The lowest BCUT2D eigenvalue weighted by molar-refractivity contribution is 0.0538. The van der Waals surface area contributed by atoms with E-state index in [1.165, 1.54) is 5.56 Å². The summed E-state index contributed by atoms with van der Waals surface area (Å²) in [6.07, 6.45) is 0.243. The first-order valence-electron chi connectivity index (χ1n) is 5.54. The first kappa shape index (κ1) is 12.3. The van der Waals surface area contributed by atoms with Crippen LogP contribution in [0, 0.1) is 6.92 Å². The first-order valence-corrected chi connectivity index (χ1v) is 5.54. The Kier molecular flexibility index (Phi) is 4.85. The van der Waals surface area contributed by atoms with Crippen LogP contribution in [0.5, 0.6) is 0 Å². The first-order chi connectivity index (χ1) is 7.13. The number of ether oxygens (including phenoxy) is 1. The van der Waals surface area contributed by atoms with Gasteiger partial charge in [0.15, 0.2) is 0 Å². The van der Waals surface area contributed by atoms with Gasteiger partial charge in [0, 0.05) is 0 Å². The minimum absolute atomic E-state index is 0.243. The summed E-state index contributed by atoms with van der Waals surface area (Å²) in [5.41, 5.74) is 1.19. The van der Waals surface area contributed by atoms with E-state index in [4.69, 9.17) is 9.15 Å². The van der Waals surface area contributed by atoms with Gasteiger partial charge < -0.3 is 14.5 Å². The van der Waals surface area contributed by atoms with Gasteiger partial charge in [0.05, 0.1) is 12.6 Å². The quantitative estimate of drug-likeness (QED) is 0.785. The molecule has 0 radical (unpaired) electrons. The fourth-order valence-corrected chi connectivity index (χ4v) is 1.32. The molecule has 0 saturated heterocycles. The highest BCUT2D eigenvalue weighted by Crippen LogP contribution is 2.15. The number of hydrogen-bond acceptors (Lipinski definition) is 3. The van der Waals surface area contributed by atoms with E-state index < -0.39 is 0 Å². The predicted molar refractivity (Wildman–Crippen MR) is 60.8 cm³/mol. The Balaban J connectivity index is 2.52. The van der Waals surface area contributed by atoms with Crippen LogP contribution in [0.25, 0.3) is 0 Å². The van der Waals surface area contributed by atoms with Gasteiger partial charge in [-0.3, -0.25) is 0 Å². The topological polar surface area (TPSA) is 34.4 Å². The molecule has 0 saturated carbocycles. The zero-order chi connectivity index (χ0) is 11.3. The van der Waals surface area contributed by atoms with E-state index in [9.17, 15) is 0 Å². The summed E-state index contributed by atoms with van der Waals surface area (Å²) < 4.78 is 11.2. The predicted octanol–water partition coefficient (Wildman–Crippen LogP) is 2.62. The largest absolute Gasteiger partial charge is 0.462 e. The minimum Gasteiger partial charge on any atom is -0.462 e. The molecule has 0 fully saturated rings. The molecule has 1 rings (SSSR count). The molecule has 0 aliphatic heterocycles. The van der Waals surface area contributed by atoms with Crippen LogP contribution in [0.4, 0.5) is 0 Å². The van der Waals surface area contributed by atoms with Crippen molar-refractivity contribution in [3.05, 3.63) is 23.2 Å². The molecule has 0 bridgehead atoms. The van der Waals surface area contributed by atoms with E-state index in [2.05, 4.69) is 25.2 Å². The van der Waals surface area contributed by atoms with Gasteiger partial charge in [-0.1, -0.05) is 6.92 Å². The molecule has 0 amide bonds. The van der Waals surface area contributed by atoms with Crippen molar-refractivity contribution in [2.24, 2.45) is 0 Å². The van der Waals surface area contributed by atoms with Gasteiger partial charge in [0.25, 0.3) is 0 Å². The van der Waals surface area contributed by atoms with Crippen molar-refractivity contribution in [3.8, 4) is 0 Å². The summed E-state index contributed by atoms with van der Waals surface area (Å²) in [5, 5.41) is 3.25. The third-order valence-electron chi connectivity index (χ3n) is 2.17. The monoisotopic (exact) mass is 211 g/mol. The van der Waals surface area contributed by atoms with Crippen LogP contribution in [-0.2, 0) is 17.9 Å². The fraction of sp³-hybridized carbons (Fsp3) is 0.667. The van der Waals surface area contributed by atoms with Crippen LogP contribution in [0.1, 0.15) is 37.9 Å². The van der Waals surface area contributed by atoms with Crippen molar-refractivity contribution in [2.45, 2.75) is 47.0 Å². The number of aryl methyl sites for hydroxylation is 1. The van der Waals surface area contributed by atoms with Crippen LogP contribution in [0.3, 0.4) is 0 Å². The Labute approximate surface area is 91.8 Å². The molecule has 0 aliphatic rings. The molecule has 0 unspecified atom stereocenters. The van der Waals surface area contributed by atoms with Gasteiger partial charge in [0.1, 0.15) is 18.1 Å². The smallest absolute Gasteiger partial charge is 0.130 e. The second-order valence-corrected chi connectivity index (χ2v) is 3.96. The molecule has 0 atom stereocenters. The Morgan fingerprint density at radius 2 is 2.20 bits per heavy atom. The second-order valence-electron chi connectivity index (χ2n) is 3.96. The van der Waals surface area contributed by atoms with Crippen LogP contribution in [0.15, 0.2) is 10.5 Å². The Bertz CT molecular complexity index is 292. The van der Waals surface area contributed by atoms with Gasteiger partial charge in [-0.05, 0) is 38.9 Å². The minimum atomic E-state index is 0.243. The van der Waals surface area contributed by atoms with Crippen molar-refractivity contribution in [1.29, 1.82) is 0 Å². The summed E-state index contributed by atoms with van der Waals surface area (Å²) in [5.74, 6) is 1.92. The van der Waals surface area contributed by atoms with E-state index in [0.29, 0.717) is 6.61 Å². The number of furan rings is 1. The fourth-order valence-electron chi connectivity index (χ4n) is 1.32. The molecule has 15 heavy (non-hydrogen) atoms. The zero-order valence-electron chi connectivity index (χ0n) is 10.1. The standard InChI is InChI=1S/C12H21NO2/c1-5-13-7-12-10(4)6-11(15-12)8-14-9(2)3/h6,9,13H,5,7-8H2,1-4H3. The molecule has 1 aromatic heterocycles. The van der Waals surface area contributed by atoms with E-state index >= 15 is 0 Å². The van der Waals surface area contributed by atoms with Gasteiger partial charge in [0.2, 0.25) is 0 Å². The van der Waals surface area contributed by atoms with Crippen molar-refractivity contribution >= 4 is 0 Å². The third-order valence-corrected chi connectivity index (χ3v) is 2.17. The molecule has 1 N–H and O–H groups in total. The molecule has 3 nitrogen and oxygen atoms in total. The van der Waals surface area contributed by atoms with Gasteiger partial charge >= 0.3 is 0 Å². The normalized spacial score (nSPS) is 11.3. The molecule has 86 valence electrons. The summed E-state index contributed by atoms with van der Waals surface area (Å²) in [7, 11) is 0. The number of nitrogens with one attached hydrogen (secondary N) is 1. The molecule has 1 aromatic rings. The third kappa shape index (κ3) is 4.06. The number of hydrogen-bond donors (Lipinski definition) is 1. The molecular weight excluding hydrogens is 190 g/mol. The van der Waals surface area contributed by atoms with Crippen molar-refractivity contribution in [2.75, 3.05) is 6.54 Å². The van der Waals surface area contributed by atoms with Crippen molar-refractivity contribution in [1.82, 2.24) is 5.32 Å². The maximum atomic E-state index is 5.68. The Morgan fingerprint density at radius 3 is 2.80 bits per heavy atom. The maximum Gasteiger partial charge on any atom is 0.130 e. The number of rotatable bonds is 6. The summed E-state index contributed by atoms with van der Waals surface area (Å²) >= 11 is 0. The van der Waals surface area contributed by atoms with Crippen LogP contribution < -0.4 is 5.32 Å². The lowest BCUT2D eigenvalue weighted by atomic mass is 10.2. The molecule has 0 spiro atoms. The molecular formula is C12H21NO2. The Hall–Kier alpha value is -0.800. The Morgan fingerprint density at radius 1 is 1.47 bits per heavy atom. The van der Waals surface area contributed by atoms with Gasteiger partial charge in [-0.15, -0.1) is 0 Å². The van der Waals surface area contributed by atoms with E-state index in [0.717, 1.165) is 24.6 Å². The lowest BCUT2D eigenvalue weighted by Crippen LogP contribution is -2.11. The highest BCUT2D eigenvalue weighted by molar-refractivity contribution is 5.19. The van der Waals surface area contributed by atoms with Crippen LogP contribution in [0.2, 0.25) is 0 Å². The average Bonchev–Trinajstić information content (AvgIpc) is 2.53. The highest BCUT2D eigenvalue weighted by Gasteiger charge is 2.07.